The van der Waals surface area contributed by atoms with Crippen molar-refractivity contribution >= 4 is 12.6 Å². The summed E-state index contributed by atoms with van der Waals surface area (Å²) in [6.07, 6.45) is -4.69. The summed E-state index contributed by atoms with van der Waals surface area (Å²) < 4.78 is 52.6. The molecule has 0 unspecified atom stereocenters. The minimum Gasteiger partial charge on any atom is -0.406 e. The molecule has 3 rings (SSSR count). The quantitative estimate of drug-likeness (QED) is 0.748. The lowest BCUT2D eigenvalue weighted by atomic mass is 9.78. The highest BCUT2D eigenvalue weighted by molar-refractivity contribution is 6.62. The van der Waals surface area contributed by atoms with E-state index in [1.807, 2.05) is 52.0 Å². The second-order valence-electron chi connectivity index (χ2n) is 7.28. The van der Waals surface area contributed by atoms with Gasteiger partial charge in [0.25, 0.3) is 0 Å². The lowest BCUT2D eigenvalue weighted by Gasteiger charge is -2.32. The van der Waals surface area contributed by atoms with Crippen LogP contribution in [0.5, 0.6) is 5.75 Å². The number of rotatable bonds is 3. The van der Waals surface area contributed by atoms with Crippen molar-refractivity contribution in [1.29, 1.82) is 0 Å². The van der Waals surface area contributed by atoms with Crippen LogP contribution >= 0.6 is 0 Å². The largest absolute Gasteiger partial charge is 0.573 e. The van der Waals surface area contributed by atoms with Crippen LogP contribution in [0.4, 0.5) is 13.2 Å². The summed E-state index contributed by atoms with van der Waals surface area (Å²) in [6.45, 7) is 7.97. The highest BCUT2D eigenvalue weighted by atomic mass is 19.4. The molecule has 1 fully saturated rings. The Morgan fingerprint density at radius 3 is 1.62 bits per heavy atom. The topological polar surface area (TPSA) is 27.7 Å². The van der Waals surface area contributed by atoms with Crippen LogP contribution in [0.2, 0.25) is 0 Å². The van der Waals surface area contributed by atoms with Gasteiger partial charge in [0.2, 0.25) is 0 Å². The van der Waals surface area contributed by atoms with E-state index in [1.165, 1.54) is 12.1 Å². The van der Waals surface area contributed by atoms with E-state index in [2.05, 4.69) is 4.74 Å². The molecule has 0 aromatic heterocycles. The highest BCUT2D eigenvalue weighted by Gasteiger charge is 2.51. The van der Waals surface area contributed by atoms with Crippen LogP contribution in [0.3, 0.4) is 0 Å². The molecule has 1 heterocycles. The third-order valence-electron chi connectivity index (χ3n) is 4.86. The predicted molar refractivity (Wildman–Crippen MR) is 94.3 cm³/mol. The van der Waals surface area contributed by atoms with Gasteiger partial charge in [0, 0.05) is 0 Å². The van der Waals surface area contributed by atoms with E-state index in [-0.39, 0.29) is 5.75 Å². The van der Waals surface area contributed by atoms with Crippen molar-refractivity contribution in [2.24, 2.45) is 0 Å². The van der Waals surface area contributed by atoms with Gasteiger partial charge in [-0.15, -0.1) is 13.2 Å². The fraction of sp³-hybridized carbons (Fsp3) is 0.368. The average molecular weight is 364 g/mol. The Balaban J connectivity index is 1.74. The summed E-state index contributed by atoms with van der Waals surface area (Å²) in [4.78, 5) is 0. The molecule has 1 saturated heterocycles. The molecule has 0 aliphatic carbocycles. The maximum atomic E-state index is 12.2. The van der Waals surface area contributed by atoms with Crippen molar-refractivity contribution in [1.82, 2.24) is 0 Å². The van der Waals surface area contributed by atoms with Crippen molar-refractivity contribution in [2.45, 2.75) is 45.3 Å². The van der Waals surface area contributed by atoms with Gasteiger partial charge in [-0.1, -0.05) is 36.4 Å². The number of hydrogen-bond donors (Lipinski definition) is 0. The van der Waals surface area contributed by atoms with Gasteiger partial charge in [0.1, 0.15) is 5.75 Å². The molecule has 0 amide bonds. The van der Waals surface area contributed by atoms with Crippen molar-refractivity contribution < 1.29 is 27.2 Å². The highest BCUT2D eigenvalue weighted by Crippen LogP contribution is 2.36. The number of benzene rings is 2. The van der Waals surface area contributed by atoms with E-state index in [9.17, 15) is 13.2 Å². The average Bonchev–Trinajstić information content (AvgIpc) is 2.75. The molecular weight excluding hydrogens is 344 g/mol. The summed E-state index contributed by atoms with van der Waals surface area (Å²) in [5, 5.41) is 0. The molecule has 0 radical (unpaired) electrons. The van der Waals surface area contributed by atoms with Crippen molar-refractivity contribution in [3.63, 3.8) is 0 Å². The van der Waals surface area contributed by atoms with Crippen molar-refractivity contribution in [3.05, 3.63) is 48.5 Å². The molecule has 0 N–H and O–H groups in total. The smallest absolute Gasteiger partial charge is 0.406 e. The van der Waals surface area contributed by atoms with Crippen molar-refractivity contribution in [3.8, 4) is 16.9 Å². The normalized spacial score (nSPS) is 18.8. The lowest BCUT2D eigenvalue weighted by Crippen LogP contribution is -2.41. The Kier molecular flexibility index (Phi) is 4.57. The second-order valence-corrected chi connectivity index (χ2v) is 7.28. The Morgan fingerprint density at radius 1 is 0.769 bits per heavy atom. The number of hydrogen-bond acceptors (Lipinski definition) is 3. The van der Waals surface area contributed by atoms with E-state index in [0.717, 1.165) is 16.6 Å². The Morgan fingerprint density at radius 2 is 1.19 bits per heavy atom. The summed E-state index contributed by atoms with van der Waals surface area (Å²) >= 11 is 0. The van der Waals surface area contributed by atoms with Crippen LogP contribution in [0, 0.1) is 0 Å². The SMILES string of the molecule is CC1(C)OB(c2ccc(-c3ccc(OC(F)(F)F)cc3)cc2)OC1(C)C. The lowest BCUT2D eigenvalue weighted by molar-refractivity contribution is -0.274. The van der Waals surface area contributed by atoms with Crippen molar-refractivity contribution in [2.75, 3.05) is 0 Å². The summed E-state index contributed by atoms with van der Waals surface area (Å²) in [5.74, 6) is -0.241. The first-order valence-electron chi connectivity index (χ1n) is 8.29. The Bertz CT molecular complexity index is 752. The molecule has 138 valence electrons. The first-order chi connectivity index (χ1) is 12.0. The van der Waals surface area contributed by atoms with Gasteiger partial charge in [-0.25, -0.2) is 0 Å². The van der Waals surface area contributed by atoms with Gasteiger partial charge in [0.05, 0.1) is 11.2 Å². The maximum Gasteiger partial charge on any atom is 0.573 e. The minimum absolute atomic E-state index is 0.241. The molecular formula is C19H20BF3O3. The summed E-state index contributed by atoms with van der Waals surface area (Å²) in [5.41, 5.74) is 1.74. The zero-order chi connectivity index (χ0) is 19.2. The number of halogens is 3. The zero-order valence-electron chi connectivity index (χ0n) is 15.1. The van der Waals surface area contributed by atoms with E-state index < -0.39 is 24.7 Å². The minimum atomic E-state index is -4.69. The van der Waals surface area contributed by atoms with E-state index in [1.54, 1.807) is 12.1 Å². The van der Waals surface area contributed by atoms with E-state index in [4.69, 9.17) is 9.31 Å². The van der Waals surface area contributed by atoms with Crippen LogP contribution < -0.4 is 10.2 Å². The van der Waals surface area contributed by atoms with Crippen LogP contribution in [-0.4, -0.2) is 24.7 Å². The second kappa shape index (κ2) is 6.32. The van der Waals surface area contributed by atoms with E-state index in [0.29, 0.717) is 0 Å². The molecule has 0 atom stereocenters. The first-order valence-corrected chi connectivity index (χ1v) is 8.29. The first kappa shape index (κ1) is 18.8. The van der Waals surface area contributed by atoms with Crippen LogP contribution in [0.25, 0.3) is 11.1 Å². The molecule has 0 spiro atoms. The molecule has 7 heteroatoms. The third kappa shape index (κ3) is 3.89. The van der Waals surface area contributed by atoms with Gasteiger partial charge >= 0.3 is 13.5 Å². The molecule has 2 aromatic rings. The molecule has 3 nitrogen and oxygen atoms in total. The van der Waals surface area contributed by atoms with Crippen LogP contribution in [0.1, 0.15) is 27.7 Å². The standard InChI is InChI=1S/C19H20BF3O3/c1-17(2)18(3,4)26-20(25-17)15-9-5-13(6-10-15)14-7-11-16(12-8-14)24-19(21,22)23/h5-12H,1-4H3. The van der Waals surface area contributed by atoms with Crippen LogP contribution in [-0.2, 0) is 9.31 Å². The summed E-state index contributed by atoms with van der Waals surface area (Å²) in [6, 6.07) is 13.3. The number of ether oxygens (including phenoxy) is 1. The van der Waals surface area contributed by atoms with Gasteiger partial charge in [-0.3, -0.25) is 0 Å². The van der Waals surface area contributed by atoms with Gasteiger partial charge in [-0.05, 0) is 56.4 Å². The third-order valence-corrected chi connectivity index (χ3v) is 4.86. The predicted octanol–water partition coefficient (Wildman–Crippen LogP) is 4.55. The fourth-order valence-corrected chi connectivity index (χ4v) is 2.66. The van der Waals surface area contributed by atoms with Gasteiger partial charge < -0.3 is 14.0 Å². The molecule has 1 aliphatic rings. The van der Waals surface area contributed by atoms with E-state index >= 15 is 0 Å². The van der Waals surface area contributed by atoms with Gasteiger partial charge in [0.15, 0.2) is 0 Å². The maximum absolute atomic E-state index is 12.2. The molecule has 2 aromatic carbocycles. The summed E-state index contributed by atoms with van der Waals surface area (Å²) in [7, 11) is -0.448. The molecule has 1 aliphatic heterocycles. The number of alkyl halides is 3. The monoisotopic (exact) mass is 364 g/mol. The Labute approximate surface area is 151 Å². The fourth-order valence-electron chi connectivity index (χ4n) is 2.66. The van der Waals surface area contributed by atoms with Crippen LogP contribution in [0.15, 0.2) is 48.5 Å². The van der Waals surface area contributed by atoms with Gasteiger partial charge in [-0.2, -0.15) is 0 Å². The zero-order valence-corrected chi connectivity index (χ0v) is 15.1. The molecule has 26 heavy (non-hydrogen) atoms. The molecule has 0 bridgehead atoms. The molecule has 0 saturated carbocycles. The Hall–Kier alpha value is -1.99.